The number of methoxy groups -OCH3 is 1. The van der Waals surface area contributed by atoms with Gasteiger partial charge in [-0.05, 0) is 40.0 Å². The predicted octanol–water partition coefficient (Wildman–Crippen LogP) is 2.75. The molecule has 2 aromatic rings. The highest BCUT2D eigenvalue weighted by molar-refractivity contribution is 9.10. The summed E-state index contributed by atoms with van der Waals surface area (Å²) in [6.45, 7) is 2.61. The standard InChI is InChI=1S/C13H15BrN4O/c1-8-9(4-3-5-11(8)15)6-16-13-17-7-10(14)12(18-13)19-2/h3-5,7H,6,15H2,1-2H3,(H,16,17,18). The Balaban J connectivity index is 2.12. The molecule has 1 aromatic carbocycles. The molecule has 2 rings (SSSR count). The summed E-state index contributed by atoms with van der Waals surface area (Å²) in [6.07, 6.45) is 1.65. The maximum absolute atomic E-state index is 5.87. The molecule has 100 valence electrons. The summed E-state index contributed by atoms with van der Waals surface area (Å²) in [7, 11) is 1.57. The third kappa shape index (κ3) is 3.14. The lowest BCUT2D eigenvalue weighted by atomic mass is 10.1. The second kappa shape index (κ2) is 5.88. The van der Waals surface area contributed by atoms with Crippen molar-refractivity contribution >= 4 is 27.6 Å². The largest absolute Gasteiger partial charge is 0.480 e. The summed E-state index contributed by atoms with van der Waals surface area (Å²) in [6, 6.07) is 5.84. The molecule has 5 nitrogen and oxygen atoms in total. The molecule has 19 heavy (non-hydrogen) atoms. The molecule has 0 spiro atoms. The van der Waals surface area contributed by atoms with Gasteiger partial charge in [0.15, 0.2) is 0 Å². The van der Waals surface area contributed by atoms with Gasteiger partial charge < -0.3 is 15.8 Å². The lowest BCUT2D eigenvalue weighted by Crippen LogP contribution is -2.06. The number of rotatable bonds is 4. The number of nitrogens with two attached hydrogens (primary N) is 1. The fourth-order valence-corrected chi connectivity index (χ4v) is 2.00. The van der Waals surface area contributed by atoms with Crippen LogP contribution in [0.3, 0.4) is 0 Å². The van der Waals surface area contributed by atoms with E-state index in [1.54, 1.807) is 13.3 Å². The molecule has 1 aromatic heterocycles. The number of nitrogens with zero attached hydrogens (tertiary/aromatic N) is 2. The molecule has 0 unspecified atom stereocenters. The molecule has 0 aliphatic rings. The zero-order valence-corrected chi connectivity index (χ0v) is 12.4. The Labute approximate surface area is 120 Å². The zero-order chi connectivity index (χ0) is 13.8. The molecule has 0 saturated heterocycles. The van der Waals surface area contributed by atoms with Crippen LogP contribution in [0.5, 0.6) is 5.88 Å². The van der Waals surface area contributed by atoms with E-state index in [0.717, 1.165) is 21.3 Å². The number of aromatic nitrogens is 2. The minimum atomic E-state index is 0.502. The van der Waals surface area contributed by atoms with Crippen LogP contribution in [0.15, 0.2) is 28.9 Å². The fourth-order valence-electron chi connectivity index (χ4n) is 1.65. The fraction of sp³-hybridized carbons (Fsp3) is 0.231. The van der Waals surface area contributed by atoms with Crippen LogP contribution in [-0.4, -0.2) is 17.1 Å². The van der Waals surface area contributed by atoms with Crippen LogP contribution in [0, 0.1) is 6.92 Å². The number of hydrogen-bond donors (Lipinski definition) is 2. The molecule has 0 saturated carbocycles. The first-order valence-electron chi connectivity index (χ1n) is 5.76. The van der Waals surface area contributed by atoms with Gasteiger partial charge in [-0.15, -0.1) is 0 Å². The molecule has 0 radical (unpaired) electrons. The number of hydrogen-bond acceptors (Lipinski definition) is 5. The molecular formula is C13H15BrN4O. The second-order valence-corrected chi connectivity index (χ2v) is 4.89. The van der Waals surface area contributed by atoms with Gasteiger partial charge in [-0.3, -0.25) is 0 Å². The predicted molar refractivity (Wildman–Crippen MR) is 79.2 cm³/mol. The molecular weight excluding hydrogens is 308 g/mol. The zero-order valence-electron chi connectivity index (χ0n) is 10.8. The van der Waals surface area contributed by atoms with Crippen LogP contribution >= 0.6 is 15.9 Å². The first-order chi connectivity index (χ1) is 9.11. The third-order valence-corrected chi connectivity index (χ3v) is 3.37. The van der Waals surface area contributed by atoms with Gasteiger partial charge in [-0.2, -0.15) is 4.98 Å². The lowest BCUT2D eigenvalue weighted by Gasteiger charge is -2.10. The first-order valence-corrected chi connectivity index (χ1v) is 6.55. The number of ether oxygens (including phenoxy) is 1. The molecule has 0 bridgehead atoms. The average molecular weight is 323 g/mol. The van der Waals surface area contributed by atoms with Gasteiger partial charge in [-0.1, -0.05) is 12.1 Å². The van der Waals surface area contributed by atoms with Crippen LogP contribution in [0.4, 0.5) is 11.6 Å². The smallest absolute Gasteiger partial charge is 0.232 e. The van der Waals surface area contributed by atoms with Crippen LogP contribution in [0.25, 0.3) is 0 Å². The molecule has 1 heterocycles. The number of anilines is 2. The Kier molecular flexibility index (Phi) is 4.21. The van der Waals surface area contributed by atoms with Gasteiger partial charge in [0.25, 0.3) is 0 Å². The monoisotopic (exact) mass is 322 g/mol. The van der Waals surface area contributed by atoms with Gasteiger partial charge in [0, 0.05) is 12.2 Å². The highest BCUT2D eigenvalue weighted by Crippen LogP contribution is 2.22. The van der Waals surface area contributed by atoms with E-state index >= 15 is 0 Å². The molecule has 6 heteroatoms. The van der Waals surface area contributed by atoms with Crippen LogP contribution in [0.1, 0.15) is 11.1 Å². The van der Waals surface area contributed by atoms with Gasteiger partial charge in [-0.25, -0.2) is 4.98 Å². The van der Waals surface area contributed by atoms with Crippen molar-refractivity contribution in [3.8, 4) is 5.88 Å². The summed E-state index contributed by atoms with van der Waals surface area (Å²) < 4.78 is 5.85. The van der Waals surface area contributed by atoms with Crippen LogP contribution < -0.4 is 15.8 Å². The summed E-state index contributed by atoms with van der Waals surface area (Å²) in [4.78, 5) is 8.41. The minimum absolute atomic E-state index is 0.502. The molecule has 0 amide bonds. The van der Waals surface area contributed by atoms with E-state index in [9.17, 15) is 0 Å². The van der Waals surface area contributed by atoms with E-state index in [-0.39, 0.29) is 0 Å². The Bertz CT molecular complexity index is 589. The Hall–Kier alpha value is -1.82. The third-order valence-electron chi connectivity index (χ3n) is 2.83. The van der Waals surface area contributed by atoms with Crippen molar-refractivity contribution in [1.82, 2.24) is 9.97 Å². The molecule has 0 aliphatic heterocycles. The van der Waals surface area contributed by atoms with Crippen molar-refractivity contribution < 1.29 is 4.74 Å². The number of nitrogens with one attached hydrogen (secondary N) is 1. The SMILES string of the molecule is COc1nc(NCc2cccc(N)c2C)ncc1Br. The van der Waals surface area contributed by atoms with E-state index in [1.807, 2.05) is 25.1 Å². The Morgan fingerprint density at radius 1 is 1.42 bits per heavy atom. The second-order valence-electron chi connectivity index (χ2n) is 4.04. The van der Waals surface area contributed by atoms with Crippen molar-refractivity contribution in [2.24, 2.45) is 0 Å². The minimum Gasteiger partial charge on any atom is -0.480 e. The summed E-state index contributed by atoms with van der Waals surface area (Å²) in [5.74, 6) is 1.02. The van der Waals surface area contributed by atoms with E-state index in [2.05, 4.69) is 31.2 Å². The van der Waals surface area contributed by atoms with Gasteiger partial charge in [0.1, 0.15) is 0 Å². The highest BCUT2D eigenvalue weighted by atomic mass is 79.9. The Morgan fingerprint density at radius 3 is 2.95 bits per heavy atom. The van der Waals surface area contributed by atoms with Crippen molar-refractivity contribution in [1.29, 1.82) is 0 Å². The van der Waals surface area contributed by atoms with Gasteiger partial charge >= 0.3 is 0 Å². The molecule has 0 atom stereocenters. The van der Waals surface area contributed by atoms with Crippen molar-refractivity contribution in [3.63, 3.8) is 0 Å². The summed E-state index contributed by atoms with van der Waals surface area (Å²) >= 11 is 3.31. The highest BCUT2D eigenvalue weighted by Gasteiger charge is 2.06. The van der Waals surface area contributed by atoms with Crippen LogP contribution in [-0.2, 0) is 6.54 Å². The Morgan fingerprint density at radius 2 is 2.21 bits per heavy atom. The summed E-state index contributed by atoms with van der Waals surface area (Å²) in [5, 5.41) is 3.15. The first kappa shape index (κ1) is 13.6. The van der Waals surface area contributed by atoms with Crippen molar-refractivity contribution in [2.75, 3.05) is 18.2 Å². The van der Waals surface area contributed by atoms with Gasteiger partial charge in [0.05, 0.1) is 17.8 Å². The normalized spacial score (nSPS) is 10.3. The van der Waals surface area contributed by atoms with E-state index in [0.29, 0.717) is 18.4 Å². The maximum Gasteiger partial charge on any atom is 0.232 e. The molecule has 0 fully saturated rings. The lowest BCUT2D eigenvalue weighted by molar-refractivity contribution is 0.394. The summed E-state index contributed by atoms with van der Waals surface area (Å²) in [5.41, 5.74) is 8.84. The number of benzene rings is 1. The van der Waals surface area contributed by atoms with E-state index < -0.39 is 0 Å². The average Bonchev–Trinajstić information content (AvgIpc) is 2.42. The molecule has 0 aliphatic carbocycles. The van der Waals surface area contributed by atoms with Gasteiger partial charge in [0.2, 0.25) is 11.8 Å². The van der Waals surface area contributed by atoms with Crippen LogP contribution in [0.2, 0.25) is 0 Å². The van der Waals surface area contributed by atoms with Crippen molar-refractivity contribution in [3.05, 3.63) is 40.0 Å². The number of nitrogen functional groups attached to an aromatic ring is 1. The molecule has 3 N–H and O–H groups in total. The number of halogens is 1. The van der Waals surface area contributed by atoms with E-state index in [1.165, 1.54) is 0 Å². The van der Waals surface area contributed by atoms with Crippen molar-refractivity contribution in [2.45, 2.75) is 13.5 Å². The quantitative estimate of drug-likeness (QED) is 0.847. The van der Waals surface area contributed by atoms with E-state index in [4.69, 9.17) is 10.5 Å². The topological polar surface area (TPSA) is 73.1 Å². The maximum atomic E-state index is 5.87.